The molecule has 2 rings (SSSR count). The first-order valence-corrected chi connectivity index (χ1v) is 7.69. The first-order chi connectivity index (χ1) is 10.6. The van der Waals surface area contributed by atoms with Crippen molar-refractivity contribution >= 4 is 11.7 Å². The molecular weight excluding hydrogens is 282 g/mol. The van der Waals surface area contributed by atoms with E-state index in [1.165, 1.54) is 6.42 Å². The monoisotopic (exact) mass is 303 g/mol. The van der Waals surface area contributed by atoms with Gasteiger partial charge in [0.25, 0.3) is 5.56 Å². The highest BCUT2D eigenvalue weighted by molar-refractivity contribution is 5.98. The molecule has 1 aromatic rings. The van der Waals surface area contributed by atoms with Gasteiger partial charge in [0.2, 0.25) is 0 Å². The van der Waals surface area contributed by atoms with Crippen molar-refractivity contribution in [3.63, 3.8) is 0 Å². The Morgan fingerprint density at radius 1 is 1.41 bits per heavy atom. The molecule has 0 atom stereocenters. The van der Waals surface area contributed by atoms with Gasteiger partial charge in [0.15, 0.2) is 0 Å². The maximum absolute atomic E-state index is 12.2. The first kappa shape index (κ1) is 16.1. The Hall–Kier alpha value is -2.29. The average Bonchev–Trinajstić information content (AvgIpc) is 2.48. The molecule has 1 heterocycles. The molecule has 0 saturated heterocycles. The largest absolute Gasteiger partial charge is 0.462 e. The first-order valence-electron chi connectivity index (χ1n) is 7.69. The minimum Gasteiger partial charge on any atom is -0.462 e. The Morgan fingerprint density at radius 2 is 2.09 bits per heavy atom. The second-order valence-corrected chi connectivity index (χ2v) is 5.52. The third-order valence-electron chi connectivity index (χ3n) is 3.95. The zero-order valence-corrected chi connectivity index (χ0v) is 13.0. The number of pyridine rings is 1. The molecule has 1 fully saturated rings. The van der Waals surface area contributed by atoms with Crippen molar-refractivity contribution in [2.45, 2.75) is 52.0 Å². The van der Waals surface area contributed by atoms with Crippen LogP contribution in [0.15, 0.2) is 4.79 Å². The van der Waals surface area contributed by atoms with Crippen LogP contribution in [0.2, 0.25) is 0 Å². The van der Waals surface area contributed by atoms with Crippen molar-refractivity contribution < 1.29 is 9.53 Å². The molecule has 6 heteroatoms. The quantitative estimate of drug-likeness (QED) is 0.833. The van der Waals surface area contributed by atoms with E-state index < -0.39 is 11.5 Å². The van der Waals surface area contributed by atoms with Gasteiger partial charge >= 0.3 is 5.97 Å². The van der Waals surface area contributed by atoms with Crippen LogP contribution in [0.4, 0.5) is 5.69 Å². The maximum Gasteiger partial charge on any atom is 0.342 e. The van der Waals surface area contributed by atoms with Gasteiger partial charge in [-0.15, -0.1) is 0 Å². The van der Waals surface area contributed by atoms with Crippen molar-refractivity contribution in [3.05, 3.63) is 27.2 Å². The zero-order chi connectivity index (χ0) is 16.1. The normalized spacial score (nSPS) is 15.1. The van der Waals surface area contributed by atoms with Gasteiger partial charge in [0, 0.05) is 11.7 Å². The Balaban J connectivity index is 2.48. The molecule has 2 N–H and O–H groups in total. The number of carbonyl (C=O) groups excluding carboxylic acids is 1. The van der Waals surface area contributed by atoms with Crippen LogP contribution in [0.1, 0.15) is 60.6 Å². The highest BCUT2D eigenvalue weighted by Crippen LogP contribution is 2.26. The second kappa shape index (κ2) is 7.12. The molecule has 118 valence electrons. The van der Waals surface area contributed by atoms with Crippen LogP contribution in [0.3, 0.4) is 0 Å². The third kappa shape index (κ3) is 3.30. The number of aromatic nitrogens is 1. The third-order valence-corrected chi connectivity index (χ3v) is 3.95. The Labute approximate surface area is 129 Å². The number of aromatic amines is 1. The molecule has 1 aliphatic rings. The number of aryl methyl sites for hydroxylation is 1. The summed E-state index contributed by atoms with van der Waals surface area (Å²) in [7, 11) is 0. The van der Waals surface area contributed by atoms with E-state index in [-0.39, 0.29) is 23.8 Å². The fraction of sp³-hybridized carbons (Fsp3) is 0.562. The molecule has 22 heavy (non-hydrogen) atoms. The van der Waals surface area contributed by atoms with E-state index in [2.05, 4.69) is 10.3 Å². The molecule has 0 aliphatic heterocycles. The number of anilines is 1. The number of rotatable bonds is 4. The number of esters is 1. The Bertz CT molecular complexity index is 652. The Morgan fingerprint density at radius 3 is 2.68 bits per heavy atom. The number of ether oxygens (including phenoxy) is 1. The molecule has 0 amide bonds. The van der Waals surface area contributed by atoms with Crippen molar-refractivity contribution in [1.82, 2.24) is 4.98 Å². The van der Waals surface area contributed by atoms with Gasteiger partial charge in [-0.3, -0.25) is 4.79 Å². The number of nitrogens with one attached hydrogen (secondary N) is 2. The van der Waals surface area contributed by atoms with Gasteiger partial charge in [-0.1, -0.05) is 19.3 Å². The van der Waals surface area contributed by atoms with Gasteiger partial charge in [-0.2, -0.15) is 5.26 Å². The standard InChI is InChI=1S/C16H21N3O3/c1-3-22-16(21)13-10(2)18-15(20)12(9-17)14(13)19-11-7-5-4-6-8-11/h11H,3-8H2,1-2H3,(H2,18,19,20). The van der Waals surface area contributed by atoms with E-state index in [1.807, 2.05) is 6.07 Å². The molecule has 0 spiro atoms. The number of hydrogen-bond donors (Lipinski definition) is 2. The minimum atomic E-state index is -0.522. The smallest absolute Gasteiger partial charge is 0.342 e. The molecule has 0 radical (unpaired) electrons. The number of nitriles is 1. The van der Waals surface area contributed by atoms with E-state index in [4.69, 9.17) is 4.74 Å². The van der Waals surface area contributed by atoms with Crippen molar-refractivity contribution in [1.29, 1.82) is 5.26 Å². The minimum absolute atomic E-state index is 0.0563. The van der Waals surface area contributed by atoms with E-state index in [9.17, 15) is 14.9 Å². The fourth-order valence-electron chi connectivity index (χ4n) is 2.88. The summed E-state index contributed by atoms with van der Waals surface area (Å²) in [5.74, 6) is -0.522. The number of H-pyrrole nitrogens is 1. The summed E-state index contributed by atoms with van der Waals surface area (Å²) in [6.45, 7) is 3.60. The lowest BCUT2D eigenvalue weighted by molar-refractivity contribution is 0.0526. The summed E-state index contributed by atoms with van der Waals surface area (Å²) < 4.78 is 5.07. The van der Waals surface area contributed by atoms with Crippen molar-refractivity contribution in [2.75, 3.05) is 11.9 Å². The van der Waals surface area contributed by atoms with E-state index in [0.29, 0.717) is 11.4 Å². The summed E-state index contributed by atoms with van der Waals surface area (Å²) >= 11 is 0. The van der Waals surface area contributed by atoms with Gasteiger partial charge in [-0.05, 0) is 26.7 Å². The van der Waals surface area contributed by atoms with Crippen LogP contribution < -0.4 is 10.9 Å². The highest BCUT2D eigenvalue weighted by Gasteiger charge is 2.24. The summed E-state index contributed by atoms with van der Waals surface area (Å²) in [5, 5.41) is 12.5. The lowest BCUT2D eigenvalue weighted by Crippen LogP contribution is -2.28. The molecule has 1 aliphatic carbocycles. The zero-order valence-electron chi connectivity index (χ0n) is 13.0. The number of carbonyl (C=O) groups is 1. The summed E-state index contributed by atoms with van der Waals surface area (Å²) in [4.78, 5) is 26.8. The van der Waals surface area contributed by atoms with Crippen molar-refractivity contribution in [2.24, 2.45) is 0 Å². The number of hydrogen-bond acceptors (Lipinski definition) is 5. The van der Waals surface area contributed by atoms with E-state index in [0.717, 1.165) is 25.7 Å². The van der Waals surface area contributed by atoms with Crippen LogP contribution in [0.5, 0.6) is 0 Å². The highest BCUT2D eigenvalue weighted by atomic mass is 16.5. The van der Waals surface area contributed by atoms with E-state index in [1.54, 1.807) is 13.8 Å². The maximum atomic E-state index is 12.2. The molecular formula is C16H21N3O3. The van der Waals surface area contributed by atoms with Gasteiger partial charge < -0.3 is 15.0 Å². The molecule has 0 bridgehead atoms. The lowest BCUT2D eigenvalue weighted by atomic mass is 9.94. The summed E-state index contributed by atoms with van der Waals surface area (Å²) in [6, 6.07) is 2.08. The number of nitrogens with zero attached hydrogens (tertiary/aromatic N) is 1. The summed E-state index contributed by atoms with van der Waals surface area (Å²) in [5.41, 5.74) is 0.448. The molecule has 1 aromatic heterocycles. The lowest BCUT2D eigenvalue weighted by Gasteiger charge is -2.25. The predicted octanol–water partition coefficient (Wildman–Crippen LogP) is 2.48. The van der Waals surface area contributed by atoms with Crippen molar-refractivity contribution in [3.8, 4) is 6.07 Å². The van der Waals surface area contributed by atoms with Crippen LogP contribution in [0.25, 0.3) is 0 Å². The summed E-state index contributed by atoms with van der Waals surface area (Å²) in [6.07, 6.45) is 5.35. The topological polar surface area (TPSA) is 95.0 Å². The van der Waals surface area contributed by atoms with E-state index >= 15 is 0 Å². The van der Waals surface area contributed by atoms with Gasteiger partial charge in [-0.25, -0.2) is 4.79 Å². The van der Waals surface area contributed by atoms with Crippen LogP contribution in [-0.4, -0.2) is 23.6 Å². The SMILES string of the molecule is CCOC(=O)c1c(C)[nH]c(=O)c(C#N)c1NC1CCCCC1. The van der Waals surface area contributed by atoms with Gasteiger partial charge in [0.05, 0.1) is 12.3 Å². The molecule has 0 aromatic carbocycles. The van der Waals surface area contributed by atoms with Crippen LogP contribution in [-0.2, 0) is 4.74 Å². The predicted molar refractivity (Wildman–Crippen MR) is 83.0 cm³/mol. The molecule has 1 saturated carbocycles. The average molecular weight is 303 g/mol. The Kier molecular flexibility index (Phi) is 5.21. The fourth-order valence-corrected chi connectivity index (χ4v) is 2.88. The molecule has 0 unspecified atom stereocenters. The van der Waals surface area contributed by atoms with Crippen LogP contribution in [0, 0.1) is 18.3 Å². The molecule has 6 nitrogen and oxygen atoms in total. The van der Waals surface area contributed by atoms with Crippen LogP contribution >= 0.6 is 0 Å². The van der Waals surface area contributed by atoms with Gasteiger partial charge in [0.1, 0.15) is 17.2 Å². The second-order valence-electron chi connectivity index (χ2n) is 5.52.